The summed E-state index contributed by atoms with van der Waals surface area (Å²) in [6, 6.07) is 17.4. The van der Waals surface area contributed by atoms with Gasteiger partial charge in [0.05, 0.1) is 31.4 Å². The Labute approximate surface area is 199 Å². The molecule has 1 unspecified atom stereocenters. The molecule has 1 aliphatic rings. The van der Waals surface area contributed by atoms with Gasteiger partial charge in [0.1, 0.15) is 17.3 Å². The number of carbonyl (C=O) groups excluding carboxylic acids is 2. The van der Waals surface area contributed by atoms with Gasteiger partial charge in [-0.2, -0.15) is 0 Å². The molecule has 0 radical (unpaired) electrons. The summed E-state index contributed by atoms with van der Waals surface area (Å²) in [5.74, 6) is -0.722. The minimum atomic E-state index is -0.821. The number of anilines is 1. The van der Waals surface area contributed by atoms with Crippen molar-refractivity contribution >= 4 is 23.1 Å². The zero-order valence-corrected chi connectivity index (χ0v) is 19.9. The Morgan fingerprint density at radius 3 is 2.29 bits per heavy atom. The quantitative estimate of drug-likeness (QED) is 0.322. The van der Waals surface area contributed by atoms with E-state index in [0.29, 0.717) is 22.7 Å². The van der Waals surface area contributed by atoms with Crippen molar-refractivity contribution in [3.05, 3.63) is 94.1 Å². The third-order valence-corrected chi connectivity index (χ3v) is 6.14. The van der Waals surface area contributed by atoms with Gasteiger partial charge in [-0.25, -0.2) is 0 Å². The Hall–Kier alpha value is -4.06. The van der Waals surface area contributed by atoms with Crippen molar-refractivity contribution < 1.29 is 24.2 Å². The van der Waals surface area contributed by atoms with Gasteiger partial charge in [0, 0.05) is 11.8 Å². The van der Waals surface area contributed by atoms with Gasteiger partial charge in [-0.15, -0.1) is 0 Å². The SMILES string of the molecule is COc1cccc(N2C(=O)C(=O)/C(=C(/O)c3cc(C)cc(C)c3OC)C2c2ccccc2C)c1. The molecule has 1 amide bonds. The van der Waals surface area contributed by atoms with Gasteiger partial charge < -0.3 is 14.6 Å². The molecule has 0 aliphatic carbocycles. The number of carbonyl (C=O) groups is 2. The molecule has 6 heteroatoms. The van der Waals surface area contributed by atoms with Crippen molar-refractivity contribution in [2.24, 2.45) is 0 Å². The normalized spacial score (nSPS) is 17.2. The predicted molar refractivity (Wildman–Crippen MR) is 131 cm³/mol. The van der Waals surface area contributed by atoms with Crippen molar-refractivity contribution in [3.63, 3.8) is 0 Å². The van der Waals surface area contributed by atoms with Crippen LogP contribution in [0.4, 0.5) is 5.69 Å². The van der Waals surface area contributed by atoms with Crippen molar-refractivity contribution in [2.75, 3.05) is 19.1 Å². The number of methoxy groups -OCH3 is 2. The monoisotopic (exact) mass is 457 g/mol. The molecule has 1 saturated heterocycles. The maximum atomic E-state index is 13.4. The molecule has 1 aliphatic heterocycles. The van der Waals surface area contributed by atoms with E-state index < -0.39 is 17.7 Å². The second-order valence-corrected chi connectivity index (χ2v) is 8.39. The molecule has 1 atom stereocenters. The van der Waals surface area contributed by atoms with Crippen molar-refractivity contribution in [1.82, 2.24) is 0 Å². The predicted octanol–water partition coefficient (Wildman–Crippen LogP) is 5.26. The van der Waals surface area contributed by atoms with Crippen LogP contribution in [-0.4, -0.2) is 31.0 Å². The molecule has 6 nitrogen and oxygen atoms in total. The smallest absolute Gasteiger partial charge is 0.300 e. The van der Waals surface area contributed by atoms with Crippen molar-refractivity contribution in [3.8, 4) is 11.5 Å². The number of hydrogen-bond donors (Lipinski definition) is 1. The van der Waals surface area contributed by atoms with Crippen LogP contribution < -0.4 is 14.4 Å². The maximum Gasteiger partial charge on any atom is 0.300 e. The molecular formula is C28H27NO5. The van der Waals surface area contributed by atoms with Gasteiger partial charge in [-0.05, 0) is 61.2 Å². The van der Waals surface area contributed by atoms with E-state index in [1.807, 2.05) is 51.1 Å². The Morgan fingerprint density at radius 1 is 0.882 bits per heavy atom. The van der Waals surface area contributed by atoms with E-state index in [-0.39, 0.29) is 11.3 Å². The number of benzene rings is 3. The number of ketones is 1. The van der Waals surface area contributed by atoms with Crippen LogP contribution in [0.1, 0.15) is 33.9 Å². The van der Waals surface area contributed by atoms with E-state index >= 15 is 0 Å². The fourth-order valence-electron chi connectivity index (χ4n) is 4.59. The highest BCUT2D eigenvalue weighted by Gasteiger charge is 2.47. The van der Waals surface area contributed by atoms with E-state index in [1.165, 1.54) is 12.0 Å². The summed E-state index contributed by atoms with van der Waals surface area (Å²) in [4.78, 5) is 28.3. The fraction of sp³-hybridized carbons (Fsp3) is 0.214. The van der Waals surface area contributed by atoms with Crippen LogP contribution >= 0.6 is 0 Å². The van der Waals surface area contributed by atoms with Gasteiger partial charge in [0.2, 0.25) is 0 Å². The second kappa shape index (κ2) is 9.06. The van der Waals surface area contributed by atoms with Crippen molar-refractivity contribution in [2.45, 2.75) is 26.8 Å². The molecule has 1 N–H and O–H groups in total. The van der Waals surface area contributed by atoms with Gasteiger partial charge in [-0.3, -0.25) is 14.5 Å². The Kier molecular flexibility index (Phi) is 6.16. The van der Waals surface area contributed by atoms with E-state index in [9.17, 15) is 14.7 Å². The van der Waals surface area contributed by atoms with Crippen LogP contribution in [0, 0.1) is 20.8 Å². The average molecular weight is 458 g/mol. The summed E-state index contributed by atoms with van der Waals surface area (Å²) in [6.07, 6.45) is 0. The summed E-state index contributed by atoms with van der Waals surface area (Å²) < 4.78 is 10.9. The minimum absolute atomic E-state index is 0.0189. The molecule has 1 heterocycles. The number of ether oxygens (including phenoxy) is 2. The molecule has 3 aromatic rings. The first-order valence-electron chi connectivity index (χ1n) is 10.9. The zero-order valence-electron chi connectivity index (χ0n) is 19.9. The number of hydrogen-bond acceptors (Lipinski definition) is 5. The fourth-order valence-corrected chi connectivity index (χ4v) is 4.59. The second-order valence-electron chi connectivity index (χ2n) is 8.39. The summed E-state index contributed by atoms with van der Waals surface area (Å²) in [6.45, 7) is 5.69. The first kappa shape index (κ1) is 23.1. The number of aryl methyl sites for hydroxylation is 3. The summed E-state index contributed by atoms with van der Waals surface area (Å²) in [5.41, 5.74) is 4.25. The highest BCUT2D eigenvalue weighted by atomic mass is 16.5. The van der Waals surface area contributed by atoms with Gasteiger partial charge in [-0.1, -0.05) is 36.4 Å². The maximum absolute atomic E-state index is 13.4. The number of aliphatic hydroxyl groups is 1. The first-order valence-corrected chi connectivity index (χ1v) is 10.9. The number of rotatable bonds is 5. The summed E-state index contributed by atoms with van der Waals surface area (Å²) in [5, 5.41) is 11.5. The van der Waals surface area contributed by atoms with Crippen LogP contribution in [-0.2, 0) is 9.59 Å². The van der Waals surface area contributed by atoms with Gasteiger partial charge in [0.15, 0.2) is 0 Å². The topological polar surface area (TPSA) is 76.1 Å². The molecule has 4 rings (SSSR count). The Morgan fingerprint density at radius 2 is 1.62 bits per heavy atom. The van der Waals surface area contributed by atoms with Gasteiger partial charge in [0.25, 0.3) is 11.7 Å². The molecule has 0 bridgehead atoms. The third kappa shape index (κ3) is 3.81. The van der Waals surface area contributed by atoms with Crippen LogP contribution in [0.25, 0.3) is 5.76 Å². The minimum Gasteiger partial charge on any atom is -0.507 e. The molecule has 0 spiro atoms. The van der Waals surface area contributed by atoms with Crippen LogP contribution in [0.2, 0.25) is 0 Å². The molecule has 3 aromatic carbocycles. The standard InChI is InChI=1S/C28H27NO5/c1-16-13-18(3)27(34-5)22(14-16)25(30)23-24(21-12-7-6-9-17(21)2)29(28(32)26(23)31)19-10-8-11-20(15-19)33-4/h6-15,24,30H,1-5H3/b25-23+. The largest absolute Gasteiger partial charge is 0.507 e. The summed E-state index contributed by atoms with van der Waals surface area (Å²) >= 11 is 0. The molecular weight excluding hydrogens is 430 g/mol. The van der Waals surface area contributed by atoms with Gasteiger partial charge >= 0.3 is 0 Å². The molecule has 174 valence electrons. The van der Waals surface area contributed by atoms with Crippen LogP contribution in [0.5, 0.6) is 11.5 Å². The highest BCUT2D eigenvalue weighted by molar-refractivity contribution is 6.51. The Balaban J connectivity index is 2.03. The van der Waals surface area contributed by atoms with E-state index in [1.54, 1.807) is 37.4 Å². The third-order valence-electron chi connectivity index (χ3n) is 6.14. The lowest BCUT2D eigenvalue weighted by Crippen LogP contribution is -2.29. The lowest BCUT2D eigenvalue weighted by Gasteiger charge is -2.27. The zero-order chi connectivity index (χ0) is 24.6. The number of aliphatic hydroxyl groups excluding tert-OH is 1. The van der Waals surface area contributed by atoms with E-state index in [2.05, 4.69) is 0 Å². The molecule has 0 saturated carbocycles. The number of nitrogens with zero attached hydrogens (tertiary/aromatic N) is 1. The number of Topliss-reactive ketones (excluding diaryl/α,β-unsaturated/α-hetero) is 1. The molecule has 1 fully saturated rings. The van der Waals surface area contributed by atoms with Crippen molar-refractivity contribution in [1.29, 1.82) is 0 Å². The molecule has 0 aromatic heterocycles. The first-order chi connectivity index (χ1) is 16.3. The van der Waals surface area contributed by atoms with Crippen LogP contribution in [0.15, 0.2) is 66.2 Å². The average Bonchev–Trinajstić information content (AvgIpc) is 3.08. The molecule has 34 heavy (non-hydrogen) atoms. The van der Waals surface area contributed by atoms with Crippen LogP contribution in [0.3, 0.4) is 0 Å². The highest BCUT2D eigenvalue weighted by Crippen LogP contribution is 2.45. The summed E-state index contributed by atoms with van der Waals surface area (Å²) in [7, 11) is 3.06. The lowest BCUT2D eigenvalue weighted by molar-refractivity contribution is -0.132. The lowest BCUT2D eigenvalue weighted by atomic mass is 9.91. The van der Waals surface area contributed by atoms with E-state index in [0.717, 1.165) is 22.3 Å². The Bertz CT molecular complexity index is 1320. The van der Waals surface area contributed by atoms with E-state index in [4.69, 9.17) is 9.47 Å². The number of amides is 1.